The fraction of sp³-hybridized carbons (Fsp3) is 0.118. The number of fused-ring (bicyclic) bond motifs is 1. The van der Waals surface area contributed by atoms with E-state index in [0.29, 0.717) is 0 Å². The van der Waals surface area contributed by atoms with Gasteiger partial charge in [0.1, 0.15) is 5.69 Å². The molecule has 22 heavy (non-hydrogen) atoms. The van der Waals surface area contributed by atoms with E-state index in [1.165, 1.54) is 0 Å². The van der Waals surface area contributed by atoms with Crippen molar-refractivity contribution in [1.82, 2.24) is 24.3 Å². The van der Waals surface area contributed by atoms with Gasteiger partial charge < -0.3 is 4.57 Å². The quantitative estimate of drug-likeness (QED) is 0.582. The number of rotatable bonds is 3. The lowest BCUT2D eigenvalue weighted by molar-refractivity contribution is 0.752. The largest absolute Gasteiger partial charge is 0.318 e. The van der Waals surface area contributed by atoms with Gasteiger partial charge in [-0.2, -0.15) is 5.10 Å². The third-order valence-corrected chi connectivity index (χ3v) is 3.77. The number of aromatic nitrogens is 5. The molecule has 108 valence electrons. The van der Waals surface area contributed by atoms with Crippen LogP contribution >= 0.6 is 0 Å². The van der Waals surface area contributed by atoms with Crippen molar-refractivity contribution in [2.75, 3.05) is 0 Å². The van der Waals surface area contributed by atoms with E-state index in [1.54, 1.807) is 12.4 Å². The molecule has 0 aliphatic rings. The van der Waals surface area contributed by atoms with E-state index >= 15 is 0 Å². The van der Waals surface area contributed by atoms with Gasteiger partial charge >= 0.3 is 0 Å². The van der Waals surface area contributed by atoms with Crippen LogP contribution in [0.25, 0.3) is 22.6 Å². The fourth-order valence-electron chi connectivity index (χ4n) is 2.70. The van der Waals surface area contributed by atoms with Crippen LogP contribution in [0, 0.1) is 0 Å². The first-order valence-electron chi connectivity index (χ1n) is 7.15. The van der Waals surface area contributed by atoms with Gasteiger partial charge in [-0.15, -0.1) is 0 Å². The standard InChI is InChI=1S/C17H15N5/c1-21-16(8-10-19-21)17-20-14-6-2-3-7-15(14)22(17)12-13-5-4-9-18-11-13/h2-11H,12H2,1H3. The molecule has 5 heteroatoms. The lowest BCUT2D eigenvalue weighted by atomic mass is 10.2. The molecule has 4 aromatic rings. The van der Waals surface area contributed by atoms with Crippen LogP contribution in [-0.4, -0.2) is 24.3 Å². The smallest absolute Gasteiger partial charge is 0.159 e. The molecule has 0 amide bonds. The van der Waals surface area contributed by atoms with E-state index in [9.17, 15) is 0 Å². The molecule has 3 aromatic heterocycles. The van der Waals surface area contributed by atoms with Gasteiger partial charge in [-0.25, -0.2) is 4.98 Å². The van der Waals surface area contributed by atoms with Crippen molar-refractivity contribution in [3.63, 3.8) is 0 Å². The van der Waals surface area contributed by atoms with Crippen molar-refractivity contribution in [2.24, 2.45) is 7.05 Å². The summed E-state index contributed by atoms with van der Waals surface area (Å²) in [6.45, 7) is 0.731. The number of hydrogen-bond acceptors (Lipinski definition) is 3. The Kier molecular flexibility index (Phi) is 2.96. The van der Waals surface area contributed by atoms with Gasteiger partial charge in [-0.1, -0.05) is 18.2 Å². The Bertz CT molecular complexity index is 921. The molecule has 0 aliphatic heterocycles. The molecule has 0 N–H and O–H groups in total. The molecule has 5 nitrogen and oxygen atoms in total. The van der Waals surface area contributed by atoms with Gasteiger partial charge in [0, 0.05) is 25.6 Å². The Balaban J connectivity index is 1.93. The minimum absolute atomic E-state index is 0.731. The summed E-state index contributed by atoms with van der Waals surface area (Å²) in [6, 6.07) is 14.2. The molecule has 4 rings (SSSR count). The summed E-state index contributed by atoms with van der Waals surface area (Å²) in [5, 5.41) is 4.26. The molecular weight excluding hydrogens is 274 g/mol. The highest BCUT2D eigenvalue weighted by Crippen LogP contribution is 2.25. The maximum atomic E-state index is 4.79. The topological polar surface area (TPSA) is 48.5 Å². The molecule has 0 unspecified atom stereocenters. The number of aryl methyl sites for hydroxylation is 1. The minimum atomic E-state index is 0.731. The first kappa shape index (κ1) is 12.8. The maximum absolute atomic E-state index is 4.79. The Labute approximate surface area is 127 Å². The lowest BCUT2D eigenvalue weighted by Crippen LogP contribution is -2.05. The summed E-state index contributed by atoms with van der Waals surface area (Å²) in [5.74, 6) is 0.921. The Morgan fingerprint density at radius 1 is 1.00 bits per heavy atom. The van der Waals surface area contributed by atoms with Gasteiger partial charge in [0.25, 0.3) is 0 Å². The summed E-state index contributed by atoms with van der Waals surface area (Å²) in [4.78, 5) is 9.00. The van der Waals surface area contributed by atoms with E-state index in [0.717, 1.165) is 34.7 Å². The van der Waals surface area contributed by atoms with Crippen LogP contribution in [-0.2, 0) is 13.6 Å². The van der Waals surface area contributed by atoms with Crippen LogP contribution in [0.4, 0.5) is 0 Å². The molecule has 3 heterocycles. The maximum Gasteiger partial charge on any atom is 0.159 e. The van der Waals surface area contributed by atoms with Crippen molar-refractivity contribution < 1.29 is 0 Å². The second-order valence-corrected chi connectivity index (χ2v) is 5.21. The molecule has 0 fully saturated rings. The number of nitrogens with zero attached hydrogens (tertiary/aromatic N) is 5. The van der Waals surface area contributed by atoms with Crippen LogP contribution in [0.5, 0.6) is 0 Å². The van der Waals surface area contributed by atoms with Crippen LogP contribution in [0.1, 0.15) is 5.56 Å². The van der Waals surface area contributed by atoms with E-state index in [4.69, 9.17) is 4.98 Å². The van der Waals surface area contributed by atoms with Gasteiger partial charge in [0.15, 0.2) is 5.82 Å². The predicted octanol–water partition coefficient (Wildman–Crippen LogP) is 2.88. The van der Waals surface area contributed by atoms with Gasteiger partial charge in [0.05, 0.1) is 17.6 Å². The predicted molar refractivity (Wildman–Crippen MR) is 85.3 cm³/mol. The second-order valence-electron chi connectivity index (χ2n) is 5.21. The molecule has 1 aromatic carbocycles. The molecule has 0 aliphatic carbocycles. The summed E-state index contributed by atoms with van der Waals surface area (Å²) in [5.41, 5.74) is 4.25. The van der Waals surface area contributed by atoms with Gasteiger partial charge in [-0.3, -0.25) is 9.67 Å². The summed E-state index contributed by atoms with van der Waals surface area (Å²) < 4.78 is 4.06. The SMILES string of the molecule is Cn1nccc1-c1nc2ccccc2n1Cc1cccnc1. The molecule has 0 spiro atoms. The zero-order valence-corrected chi connectivity index (χ0v) is 12.2. The molecule has 0 atom stereocenters. The lowest BCUT2D eigenvalue weighted by Gasteiger charge is -2.09. The first-order valence-corrected chi connectivity index (χ1v) is 7.15. The number of para-hydroxylation sites is 2. The minimum Gasteiger partial charge on any atom is -0.318 e. The molecule has 0 saturated carbocycles. The third-order valence-electron chi connectivity index (χ3n) is 3.77. The Morgan fingerprint density at radius 2 is 1.91 bits per heavy atom. The van der Waals surface area contributed by atoms with Gasteiger partial charge in [-0.05, 0) is 29.8 Å². The van der Waals surface area contributed by atoms with Crippen molar-refractivity contribution in [1.29, 1.82) is 0 Å². The Morgan fingerprint density at radius 3 is 2.68 bits per heavy atom. The third kappa shape index (κ3) is 2.07. The van der Waals surface area contributed by atoms with Crippen molar-refractivity contribution in [3.05, 3.63) is 66.6 Å². The number of benzene rings is 1. The summed E-state index contributed by atoms with van der Waals surface area (Å²) in [7, 11) is 1.93. The van der Waals surface area contributed by atoms with Crippen LogP contribution in [0.3, 0.4) is 0 Å². The van der Waals surface area contributed by atoms with E-state index in [2.05, 4.69) is 26.8 Å². The number of pyridine rings is 1. The normalized spacial score (nSPS) is 11.1. The van der Waals surface area contributed by atoms with E-state index in [1.807, 2.05) is 48.3 Å². The van der Waals surface area contributed by atoms with E-state index < -0.39 is 0 Å². The Hall–Kier alpha value is -2.95. The average Bonchev–Trinajstić information content (AvgIpc) is 3.12. The van der Waals surface area contributed by atoms with Crippen LogP contribution in [0.15, 0.2) is 61.1 Å². The van der Waals surface area contributed by atoms with Crippen molar-refractivity contribution >= 4 is 11.0 Å². The van der Waals surface area contributed by atoms with Crippen LogP contribution < -0.4 is 0 Å². The van der Waals surface area contributed by atoms with Crippen molar-refractivity contribution in [2.45, 2.75) is 6.54 Å². The van der Waals surface area contributed by atoms with Crippen LogP contribution in [0.2, 0.25) is 0 Å². The number of hydrogen-bond donors (Lipinski definition) is 0. The molecule has 0 bridgehead atoms. The highest BCUT2D eigenvalue weighted by Gasteiger charge is 2.15. The molecule has 0 saturated heterocycles. The fourth-order valence-corrected chi connectivity index (χ4v) is 2.70. The first-order chi connectivity index (χ1) is 10.8. The molecular formula is C17H15N5. The second kappa shape index (κ2) is 5.11. The van der Waals surface area contributed by atoms with Crippen molar-refractivity contribution in [3.8, 4) is 11.5 Å². The van der Waals surface area contributed by atoms with E-state index in [-0.39, 0.29) is 0 Å². The zero-order chi connectivity index (χ0) is 14.9. The molecule has 0 radical (unpaired) electrons. The highest BCUT2D eigenvalue weighted by molar-refractivity contribution is 5.80. The monoisotopic (exact) mass is 289 g/mol. The summed E-state index contributed by atoms with van der Waals surface area (Å²) in [6.07, 6.45) is 5.47. The zero-order valence-electron chi connectivity index (χ0n) is 12.2. The average molecular weight is 289 g/mol. The van der Waals surface area contributed by atoms with Gasteiger partial charge in [0.2, 0.25) is 0 Å². The highest BCUT2D eigenvalue weighted by atomic mass is 15.3. The number of imidazole rings is 1. The summed E-state index contributed by atoms with van der Waals surface area (Å²) >= 11 is 0.